The molecule has 1 aliphatic heterocycles. The number of aromatic nitrogens is 2. The molecule has 0 amide bonds. The van der Waals surface area contributed by atoms with Gasteiger partial charge in [-0.3, -0.25) is 0 Å². The Hall–Kier alpha value is -1.37. The van der Waals surface area contributed by atoms with E-state index in [-0.39, 0.29) is 12.0 Å². The highest BCUT2D eigenvalue weighted by atomic mass is 19.4. The molecule has 1 aliphatic rings. The minimum Gasteiger partial charge on any atom is -0.396 e. The third kappa shape index (κ3) is 3.88. The van der Waals surface area contributed by atoms with Gasteiger partial charge >= 0.3 is 6.18 Å². The van der Waals surface area contributed by atoms with E-state index >= 15 is 0 Å². The molecule has 1 aromatic rings. The molecule has 0 saturated carbocycles. The van der Waals surface area contributed by atoms with E-state index in [4.69, 9.17) is 0 Å². The van der Waals surface area contributed by atoms with Gasteiger partial charge in [0.1, 0.15) is 17.8 Å². The number of hydrogen-bond acceptors (Lipinski definition) is 4. The van der Waals surface area contributed by atoms with Crippen molar-refractivity contribution in [2.75, 3.05) is 24.6 Å². The summed E-state index contributed by atoms with van der Waals surface area (Å²) in [7, 11) is 0. The fourth-order valence-electron chi connectivity index (χ4n) is 2.92. The van der Waals surface area contributed by atoms with Crippen LogP contribution in [0.25, 0.3) is 0 Å². The second-order valence-corrected chi connectivity index (χ2v) is 6.01. The quantitative estimate of drug-likeness (QED) is 0.905. The van der Waals surface area contributed by atoms with Crippen LogP contribution < -0.4 is 4.90 Å². The molecule has 4 nitrogen and oxygen atoms in total. The van der Waals surface area contributed by atoms with E-state index in [1.807, 2.05) is 4.90 Å². The van der Waals surface area contributed by atoms with Crippen molar-refractivity contribution in [1.82, 2.24) is 9.97 Å². The number of halogens is 3. The number of hydrogen-bond donors (Lipinski definition) is 1. The molecule has 124 valence electrons. The van der Waals surface area contributed by atoms with Crippen LogP contribution in [0.1, 0.15) is 44.7 Å². The first-order valence-corrected chi connectivity index (χ1v) is 7.65. The molecule has 2 heterocycles. The van der Waals surface area contributed by atoms with Crippen molar-refractivity contribution in [2.24, 2.45) is 5.41 Å². The van der Waals surface area contributed by atoms with Crippen molar-refractivity contribution in [1.29, 1.82) is 0 Å². The van der Waals surface area contributed by atoms with Crippen LogP contribution in [0.15, 0.2) is 12.4 Å². The largest absolute Gasteiger partial charge is 0.433 e. The Labute approximate surface area is 128 Å². The maximum Gasteiger partial charge on any atom is 0.433 e. The molecule has 22 heavy (non-hydrogen) atoms. The van der Waals surface area contributed by atoms with E-state index in [9.17, 15) is 18.3 Å². The standard InChI is InChI=1S/C15H22F3N3O/c1-2-3-4-14(10-22)5-7-21(8-6-14)13-9-12(15(16,17)18)19-11-20-13/h9,11,22H,2-8,10H2,1H3. The first kappa shape index (κ1) is 17.0. The minimum atomic E-state index is -4.45. The average Bonchev–Trinajstić information content (AvgIpc) is 2.53. The van der Waals surface area contributed by atoms with Gasteiger partial charge in [0.2, 0.25) is 0 Å². The SMILES string of the molecule is CCCCC1(CO)CCN(c2cc(C(F)(F)F)ncn2)CC1. The smallest absolute Gasteiger partial charge is 0.396 e. The summed E-state index contributed by atoms with van der Waals surface area (Å²) < 4.78 is 38.1. The zero-order valence-corrected chi connectivity index (χ0v) is 12.7. The number of aliphatic hydroxyl groups excluding tert-OH is 1. The number of unbranched alkanes of at least 4 members (excludes halogenated alkanes) is 1. The number of alkyl halides is 3. The topological polar surface area (TPSA) is 49.2 Å². The van der Waals surface area contributed by atoms with Crippen LogP contribution in [-0.2, 0) is 6.18 Å². The van der Waals surface area contributed by atoms with Crippen LogP contribution >= 0.6 is 0 Å². The maximum absolute atomic E-state index is 12.7. The highest BCUT2D eigenvalue weighted by molar-refractivity contribution is 5.40. The van der Waals surface area contributed by atoms with E-state index < -0.39 is 11.9 Å². The van der Waals surface area contributed by atoms with Crippen molar-refractivity contribution >= 4 is 5.82 Å². The predicted octanol–water partition coefficient (Wildman–Crippen LogP) is 3.26. The Kier molecular flexibility index (Phi) is 5.26. The van der Waals surface area contributed by atoms with Crippen molar-refractivity contribution in [3.05, 3.63) is 18.1 Å². The summed E-state index contributed by atoms with van der Waals surface area (Å²) in [6.45, 7) is 3.47. The summed E-state index contributed by atoms with van der Waals surface area (Å²) in [5, 5.41) is 9.68. The van der Waals surface area contributed by atoms with Crippen molar-refractivity contribution in [3.8, 4) is 0 Å². The van der Waals surface area contributed by atoms with Gasteiger partial charge in [-0.25, -0.2) is 9.97 Å². The normalized spacial score (nSPS) is 18.5. The summed E-state index contributed by atoms with van der Waals surface area (Å²) in [6.07, 6.45) is 1.15. The molecule has 0 radical (unpaired) electrons. The van der Waals surface area contributed by atoms with Crippen molar-refractivity contribution in [2.45, 2.75) is 45.2 Å². The van der Waals surface area contributed by atoms with Crippen LogP contribution in [-0.4, -0.2) is 34.8 Å². The highest BCUT2D eigenvalue weighted by Gasteiger charge is 2.36. The molecule has 0 aromatic carbocycles. The molecule has 0 unspecified atom stereocenters. The lowest BCUT2D eigenvalue weighted by Gasteiger charge is -2.41. The van der Waals surface area contributed by atoms with Gasteiger partial charge in [-0.05, 0) is 24.7 Å². The van der Waals surface area contributed by atoms with Crippen molar-refractivity contribution < 1.29 is 18.3 Å². The number of anilines is 1. The van der Waals surface area contributed by atoms with Gasteiger partial charge in [-0.1, -0.05) is 19.8 Å². The highest BCUT2D eigenvalue weighted by Crippen LogP contribution is 2.37. The molecule has 7 heteroatoms. The Bertz CT molecular complexity index is 485. The summed E-state index contributed by atoms with van der Waals surface area (Å²) in [5.41, 5.74) is -1.01. The zero-order valence-electron chi connectivity index (χ0n) is 12.7. The van der Waals surface area contributed by atoms with E-state index in [0.717, 1.165) is 44.5 Å². The lowest BCUT2D eigenvalue weighted by molar-refractivity contribution is -0.141. The van der Waals surface area contributed by atoms with Crippen LogP contribution in [0.4, 0.5) is 19.0 Å². The average molecular weight is 317 g/mol. The van der Waals surface area contributed by atoms with Gasteiger partial charge in [-0.2, -0.15) is 13.2 Å². The van der Waals surface area contributed by atoms with Crippen LogP contribution in [0.5, 0.6) is 0 Å². The fourth-order valence-corrected chi connectivity index (χ4v) is 2.92. The van der Waals surface area contributed by atoms with Crippen LogP contribution in [0.2, 0.25) is 0 Å². The molecular weight excluding hydrogens is 295 g/mol. The minimum absolute atomic E-state index is 0.0909. The van der Waals surface area contributed by atoms with Gasteiger partial charge < -0.3 is 10.0 Å². The van der Waals surface area contributed by atoms with E-state index in [1.54, 1.807) is 0 Å². The number of piperidine rings is 1. The second-order valence-electron chi connectivity index (χ2n) is 6.01. The molecule has 0 spiro atoms. The summed E-state index contributed by atoms with van der Waals surface area (Å²) in [4.78, 5) is 9.10. The van der Waals surface area contributed by atoms with E-state index in [2.05, 4.69) is 16.9 Å². The number of rotatable bonds is 5. The molecule has 1 fully saturated rings. The first-order valence-electron chi connectivity index (χ1n) is 7.65. The van der Waals surface area contributed by atoms with Gasteiger partial charge in [0.15, 0.2) is 0 Å². The van der Waals surface area contributed by atoms with E-state index in [1.165, 1.54) is 0 Å². The number of aliphatic hydroxyl groups is 1. The predicted molar refractivity (Wildman–Crippen MR) is 77.5 cm³/mol. The number of nitrogens with zero attached hydrogens (tertiary/aromatic N) is 3. The molecule has 0 bridgehead atoms. The third-order valence-corrected chi connectivity index (χ3v) is 4.49. The summed E-state index contributed by atoms with van der Waals surface area (Å²) in [6, 6.07) is 0.998. The fraction of sp³-hybridized carbons (Fsp3) is 0.733. The van der Waals surface area contributed by atoms with Gasteiger partial charge in [0.05, 0.1) is 0 Å². The molecular formula is C15H22F3N3O. The van der Waals surface area contributed by atoms with Crippen LogP contribution in [0, 0.1) is 5.41 Å². The molecule has 1 saturated heterocycles. The molecule has 1 N–H and O–H groups in total. The Morgan fingerprint density at radius 2 is 1.95 bits per heavy atom. The first-order chi connectivity index (χ1) is 10.4. The summed E-state index contributed by atoms with van der Waals surface area (Å²) in [5.74, 6) is 0.310. The van der Waals surface area contributed by atoms with Crippen LogP contribution in [0.3, 0.4) is 0 Å². The van der Waals surface area contributed by atoms with Gasteiger partial charge in [-0.15, -0.1) is 0 Å². The van der Waals surface area contributed by atoms with Gasteiger partial charge in [0, 0.05) is 25.8 Å². The lowest BCUT2D eigenvalue weighted by atomic mass is 9.75. The van der Waals surface area contributed by atoms with Crippen molar-refractivity contribution in [3.63, 3.8) is 0 Å². The zero-order chi connectivity index (χ0) is 16.2. The Morgan fingerprint density at radius 1 is 1.27 bits per heavy atom. The lowest BCUT2D eigenvalue weighted by Crippen LogP contribution is -2.42. The molecule has 2 rings (SSSR count). The Balaban J connectivity index is 2.05. The van der Waals surface area contributed by atoms with Gasteiger partial charge in [0.25, 0.3) is 0 Å². The van der Waals surface area contributed by atoms with E-state index in [0.29, 0.717) is 18.9 Å². The second kappa shape index (κ2) is 6.81. The molecule has 0 atom stereocenters. The maximum atomic E-state index is 12.7. The third-order valence-electron chi connectivity index (χ3n) is 4.49. The molecule has 1 aromatic heterocycles. The monoisotopic (exact) mass is 317 g/mol. The Morgan fingerprint density at radius 3 is 2.50 bits per heavy atom. The summed E-state index contributed by atoms with van der Waals surface area (Å²) >= 11 is 0. The molecule has 0 aliphatic carbocycles.